The van der Waals surface area contributed by atoms with Crippen LogP contribution in [0.5, 0.6) is 0 Å². The molecule has 1 aliphatic heterocycles. The molecule has 1 spiro atoms. The van der Waals surface area contributed by atoms with Crippen LogP contribution in [0.25, 0.3) is 17.0 Å². The van der Waals surface area contributed by atoms with Gasteiger partial charge in [0.1, 0.15) is 17.6 Å². The van der Waals surface area contributed by atoms with E-state index >= 15 is 4.79 Å². The Morgan fingerprint density at radius 3 is 2.53 bits per heavy atom. The number of hydrogen-bond acceptors (Lipinski definition) is 7. The number of ketones is 1. The van der Waals surface area contributed by atoms with Crippen molar-refractivity contribution < 1.29 is 29.4 Å². The van der Waals surface area contributed by atoms with Gasteiger partial charge in [0, 0.05) is 58.8 Å². The zero-order valence-corrected chi connectivity index (χ0v) is 32.6. The van der Waals surface area contributed by atoms with Gasteiger partial charge >= 0.3 is 0 Å². The normalized spacial score (nSPS) is 29.6. The van der Waals surface area contributed by atoms with Gasteiger partial charge in [-0.25, -0.2) is 0 Å². The van der Waals surface area contributed by atoms with Crippen LogP contribution in [0.3, 0.4) is 0 Å². The van der Waals surface area contributed by atoms with Gasteiger partial charge in [-0.3, -0.25) is 19.2 Å². The van der Waals surface area contributed by atoms with Crippen LogP contribution in [-0.4, -0.2) is 69.0 Å². The maximum absolute atomic E-state index is 15.0. The van der Waals surface area contributed by atoms with Gasteiger partial charge in [0.2, 0.25) is 11.8 Å². The lowest BCUT2D eigenvalue weighted by atomic mass is 9.53. The van der Waals surface area contributed by atoms with Crippen molar-refractivity contribution in [2.75, 3.05) is 5.32 Å². The molecule has 1 fully saturated rings. The standard InChI is InChI=1S/C44H55N5O6/c1-7-25(3)39-38-27(5)26(4)21-30-20-24(2)16-17-36(50)40(52)35(22-37(51)44(30,38)43(55)49-39)48-34-15-11-9-13-32(34)42(54)47-28(6)41(53)45-19-18-29-23-46-33-14-10-8-12-31(29)33/h8-15,18-21,23,25,27-28,30,35-36,38-40,46,48,50,52H,7,16-17,22H2,1-6H3,(H,45,53)(H,47,54)(H,49,55). The van der Waals surface area contributed by atoms with Gasteiger partial charge in [-0.2, -0.15) is 0 Å². The molecule has 2 aromatic carbocycles. The molecular formula is C44H55N5O6. The van der Waals surface area contributed by atoms with E-state index in [0.29, 0.717) is 12.1 Å². The van der Waals surface area contributed by atoms with Crippen molar-refractivity contribution >= 4 is 46.2 Å². The van der Waals surface area contributed by atoms with E-state index < -0.39 is 47.4 Å². The number of allylic oxidation sites excluding steroid dienone is 4. The molecule has 1 aromatic heterocycles. The maximum Gasteiger partial charge on any atom is 0.254 e. The molecule has 3 aliphatic rings. The number of nitrogens with one attached hydrogen (secondary N) is 5. The van der Waals surface area contributed by atoms with Gasteiger partial charge in [0.25, 0.3) is 5.91 Å². The van der Waals surface area contributed by atoms with E-state index in [1.165, 1.54) is 6.20 Å². The summed E-state index contributed by atoms with van der Waals surface area (Å²) in [7, 11) is 0. The van der Waals surface area contributed by atoms with E-state index in [-0.39, 0.29) is 53.9 Å². The Morgan fingerprint density at radius 2 is 1.76 bits per heavy atom. The van der Waals surface area contributed by atoms with Crippen LogP contribution in [0, 0.1) is 29.1 Å². The summed E-state index contributed by atoms with van der Waals surface area (Å²) in [6.07, 6.45) is 7.91. The molecule has 11 nitrogen and oxygen atoms in total. The number of hydrogen-bond donors (Lipinski definition) is 7. The van der Waals surface area contributed by atoms with Crippen LogP contribution in [-0.2, 0) is 14.4 Å². The summed E-state index contributed by atoms with van der Waals surface area (Å²) < 4.78 is 0. The molecule has 3 aromatic rings. The van der Waals surface area contributed by atoms with Gasteiger partial charge in [0.15, 0.2) is 5.78 Å². The smallest absolute Gasteiger partial charge is 0.254 e. The van der Waals surface area contributed by atoms with Crippen molar-refractivity contribution in [3.05, 3.63) is 95.4 Å². The van der Waals surface area contributed by atoms with E-state index in [1.807, 2.05) is 43.5 Å². The number of amides is 3. The van der Waals surface area contributed by atoms with Crippen molar-refractivity contribution in [2.24, 2.45) is 29.1 Å². The zero-order valence-electron chi connectivity index (χ0n) is 32.6. The lowest BCUT2D eigenvalue weighted by Crippen LogP contribution is -2.55. The number of para-hydroxylation sites is 2. The third-order valence-electron chi connectivity index (χ3n) is 12.4. The number of aliphatic hydroxyl groups is 2. The maximum atomic E-state index is 15.0. The molecule has 292 valence electrons. The van der Waals surface area contributed by atoms with Crippen LogP contribution < -0.4 is 21.3 Å². The number of carbonyl (C=O) groups is 4. The predicted octanol–water partition coefficient (Wildman–Crippen LogP) is 5.63. The molecule has 6 rings (SSSR count). The Kier molecular flexibility index (Phi) is 11.8. The van der Waals surface area contributed by atoms with E-state index in [0.717, 1.165) is 34.0 Å². The zero-order chi connectivity index (χ0) is 39.6. The molecule has 55 heavy (non-hydrogen) atoms. The fourth-order valence-electron chi connectivity index (χ4n) is 8.90. The lowest BCUT2D eigenvalue weighted by Gasteiger charge is -2.46. The van der Waals surface area contributed by atoms with Gasteiger partial charge in [-0.05, 0) is 69.7 Å². The van der Waals surface area contributed by atoms with Gasteiger partial charge in [-0.15, -0.1) is 0 Å². The Hall–Kier alpha value is -5.00. The highest BCUT2D eigenvalue weighted by atomic mass is 16.3. The summed E-state index contributed by atoms with van der Waals surface area (Å²) >= 11 is 0. The first-order valence-corrected chi connectivity index (χ1v) is 19.5. The van der Waals surface area contributed by atoms with E-state index in [4.69, 9.17) is 0 Å². The molecule has 2 aliphatic carbocycles. The van der Waals surface area contributed by atoms with Crippen LogP contribution >= 0.6 is 0 Å². The minimum absolute atomic E-state index is 0.0495. The summed E-state index contributed by atoms with van der Waals surface area (Å²) in [5.41, 5.74) is 3.03. The monoisotopic (exact) mass is 749 g/mol. The Labute approximate surface area is 323 Å². The lowest BCUT2D eigenvalue weighted by molar-refractivity contribution is -0.146. The second-order valence-electron chi connectivity index (χ2n) is 15.9. The first-order valence-electron chi connectivity index (χ1n) is 19.5. The molecule has 10 unspecified atom stereocenters. The first kappa shape index (κ1) is 39.7. The summed E-state index contributed by atoms with van der Waals surface area (Å²) in [5.74, 6) is -2.31. The first-order chi connectivity index (χ1) is 26.3. The summed E-state index contributed by atoms with van der Waals surface area (Å²) in [6.45, 7) is 11.9. The molecule has 3 amide bonds. The Balaban J connectivity index is 1.25. The Bertz CT molecular complexity index is 2030. The number of carbonyl (C=O) groups excluding carboxylic acids is 4. The Morgan fingerprint density at radius 1 is 1.04 bits per heavy atom. The molecule has 2 heterocycles. The third-order valence-corrected chi connectivity index (χ3v) is 12.4. The highest BCUT2D eigenvalue weighted by Crippen LogP contribution is 2.56. The topological polar surface area (TPSA) is 173 Å². The van der Waals surface area contributed by atoms with Crippen LogP contribution in [0.4, 0.5) is 5.69 Å². The van der Waals surface area contributed by atoms with Crippen LogP contribution in [0.2, 0.25) is 0 Å². The number of benzene rings is 2. The van der Waals surface area contributed by atoms with Gasteiger partial charge < -0.3 is 36.5 Å². The van der Waals surface area contributed by atoms with Crippen LogP contribution in [0.1, 0.15) is 83.1 Å². The average molecular weight is 750 g/mol. The molecule has 0 saturated carbocycles. The highest BCUT2D eigenvalue weighted by Gasteiger charge is 2.66. The number of anilines is 1. The largest absolute Gasteiger partial charge is 0.390 e. The summed E-state index contributed by atoms with van der Waals surface area (Å²) in [4.78, 5) is 59.4. The van der Waals surface area contributed by atoms with Crippen molar-refractivity contribution in [3.8, 4) is 0 Å². The van der Waals surface area contributed by atoms with Gasteiger partial charge in [-0.1, -0.05) is 80.8 Å². The molecule has 11 heteroatoms. The number of aromatic nitrogens is 1. The number of Topliss-reactive ketones (excluding diaryl/α,β-unsaturated/α-hetero) is 1. The van der Waals surface area contributed by atoms with Crippen molar-refractivity contribution in [1.29, 1.82) is 0 Å². The van der Waals surface area contributed by atoms with Crippen LogP contribution in [0.15, 0.2) is 84.2 Å². The minimum atomic E-state index is -1.41. The molecule has 0 radical (unpaired) electrons. The minimum Gasteiger partial charge on any atom is -0.390 e. The number of rotatable bonds is 9. The fourth-order valence-corrected chi connectivity index (χ4v) is 8.90. The van der Waals surface area contributed by atoms with E-state index in [9.17, 15) is 24.6 Å². The van der Waals surface area contributed by atoms with Gasteiger partial charge in [0.05, 0.1) is 17.7 Å². The van der Waals surface area contributed by atoms with Crippen molar-refractivity contribution in [2.45, 2.75) is 97.6 Å². The second-order valence-corrected chi connectivity index (χ2v) is 15.9. The quantitative estimate of drug-likeness (QED) is 0.110. The summed E-state index contributed by atoms with van der Waals surface area (Å²) in [5, 5.41) is 35.9. The number of fused-ring (bicyclic) bond motifs is 1. The molecule has 0 bridgehead atoms. The number of aliphatic hydroxyl groups excluding tert-OH is 2. The molecule has 10 atom stereocenters. The van der Waals surface area contributed by atoms with E-state index in [2.05, 4.69) is 60.0 Å². The fraction of sp³-hybridized carbons (Fsp3) is 0.455. The third kappa shape index (κ3) is 7.64. The molecule has 1 saturated heterocycles. The average Bonchev–Trinajstić information content (AvgIpc) is 3.73. The van der Waals surface area contributed by atoms with Crippen molar-refractivity contribution in [1.82, 2.24) is 20.9 Å². The van der Waals surface area contributed by atoms with E-state index in [1.54, 1.807) is 37.3 Å². The SMILES string of the molecule is CCC(C)C1NC(=O)C23C(=O)CC(Nc4ccccc4C(=O)NC(C)C(=O)NC=Cc4c[nH]c5ccccc45)C(O)C(O)CCC(C)=CC2C=C(C)C(C)C13. The highest BCUT2D eigenvalue weighted by molar-refractivity contribution is 6.10. The van der Waals surface area contributed by atoms with Crippen molar-refractivity contribution in [3.63, 3.8) is 0 Å². The summed E-state index contributed by atoms with van der Waals surface area (Å²) in [6, 6.07) is 12.3. The second kappa shape index (κ2) is 16.4. The molecule has 7 N–H and O–H groups in total. The number of H-pyrrole nitrogens is 1. The predicted molar refractivity (Wildman–Crippen MR) is 215 cm³/mol. The molecular weight excluding hydrogens is 695 g/mol. The number of aromatic amines is 1.